The number of hydrogen-bond donors (Lipinski definition) is 0. The molecular weight excluding hydrogens is 212 g/mol. The fraction of sp³-hybridized carbons (Fsp3) is 1.00. The summed E-state index contributed by atoms with van der Waals surface area (Å²) in [4.78, 5) is 0. The van der Waals surface area contributed by atoms with Crippen LogP contribution in [0.3, 0.4) is 0 Å². The first kappa shape index (κ1) is 12.4. The predicted molar refractivity (Wildman–Crippen MR) is 61.9 cm³/mol. The lowest BCUT2D eigenvalue weighted by atomic mass is 10.9. The first-order chi connectivity index (χ1) is 6.60. The third-order valence-corrected chi connectivity index (χ3v) is 15.5. The third kappa shape index (κ3) is 2.67. The van der Waals surface area contributed by atoms with Crippen molar-refractivity contribution in [3.05, 3.63) is 0 Å². The molecular formula is C9H22O3Si2. The molecule has 84 valence electrons. The van der Waals surface area contributed by atoms with Crippen LogP contribution < -0.4 is 0 Å². The maximum atomic E-state index is 5.83. The summed E-state index contributed by atoms with van der Waals surface area (Å²) in [5.41, 5.74) is 2.24. The molecule has 0 bridgehead atoms. The van der Waals surface area contributed by atoms with Gasteiger partial charge in [0.1, 0.15) is 0 Å². The van der Waals surface area contributed by atoms with Crippen molar-refractivity contribution in [2.75, 3.05) is 19.8 Å². The van der Waals surface area contributed by atoms with E-state index in [9.17, 15) is 0 Å². The van der Waals surface area contributed by atoms with E-state index in [-0.39, 0.29) is 0 Å². The van der Waals surface area contributed by atoms with Gasteiger partial charge in [-0.05, 0) is 27.3 Å². The zero-order chi connectivity index (χ0) is 10.7. The minimum Gasteiger partial charge on any atom is -0.418 e. The van der Waals surface area contributed by atoms with Gasteiger partial charge in [-0.2, -0.15) is 0 Å². The van der Waals surface area contributed by atoms with Gasteiger partial charge in [0.05, 0.1) is 0 Å². The lowest BCUT2D eigenvalue weighted by Gasteiger charge is -2.48. The quantitative estimate of drug-likeness (QED) is 0.660. The Balaban J connectivity index is 2.45. The first-order valence-corrected chi connectivity index (χ1v) is 10.6. The van der Waals surface area contributed by atoms with Crippen LogP contribution in [0.4, 0.5) is 0 Å². The lowest BCUT2D eigenvalue weighted by molar-refractivity contribution is 0.176. The molecule has 1 aliphatic rings. The highest BCUT2D eigenvalue weighted by Gasteiger charge is 2.60. The van der Waals surface area contributed by atoms with E-state index in [2.05, 4.69) is 13.5 Å². The van der Waals surface area contributed by atoms with Crippen LogP contribution in [-0.2, 0) is 13.3 Å². The smallest absolute Gasteiger partial charge is 0.337 e. The fourth-order valence-electron chi connectivity index (χ4n) is 2.31. The summed E-state index contributed by atoms with van der Waals surface area (Å²) in [6, 6.07) is 0. The van der Waals surface area contributed by atoms with Gasteiger partial charge in [-0.3, -0.25) is 0 Å². The largest absolute Gasteiger partial charge is 0.418 e. The minimum absolute atomic E-state index is 0.781. The molecule has 1 aliphatic heterocycles. The summed E-state index contributed by atoms with van der Waals surface area (Å²) in [7, 11) is -3.17. The zero-order valence-corrected chi connectivity index (χ0v) is 11.8. The maximum Gasteiger partial charge on any atom is 0.337 e. The normalized spacial score (nSPS) is 23.1. The van der Waals surface area contributed by atoms with Crippen molar-refractivity contribution in [1.29, 1.82) is 0 Å². The van der Waals surface area contributed by atoms with Gasteiger partial charge in [0, 0.05) is 31.2 Å². The van der Waals surface area contributed by atoms with Crippen molar-refractivity contribution in [3.8, 4) is 0 Å². The predicted octanol–water partition coefficient (Wildman–Crippen LogP) is 2.21. The van der Waals surface area contributed by atoms with E-state index in [4.69, 9.17) is 13.3 Å². The Labute approximate surface area is 89.1 Å². The van der Waals surface area contributed by atoms with Gasteiger partial charge in [-0.25, -0.2) is 0 Å². The second kappa shape index (κ2) is 4.89. The van der Waals surface area contributed by atoms with E-state index in [0.717, 1.165) is 31.2 Å². The summed E-state index contributed by atoms with van der Waals surface area (Å²) >= 11 is 0. The molecule has 0 atom stereocenters. The summed E-state index contributed by atoms with van der Waals surface area (Å²) in [6.45, 7) is 10.9. The highest BCUT2D eigenvalue weighted by molar-refractivity contribution is 7.05. The van der Waals surface area contributed by atoms with Gasteiger partial charge < -0.3 is 13.3 Å². The molecule has 0 unspecified atom stereocenters. The van der Waals surface area contributed by atoms with E-state index < -0.39 is 16.9 Å². The molecule has 0 aromatic heterocycles. The molecule has 1 saturated heterocycles. The topological polar surface area (TPSA) is 27.7 Å². The van der Waals surface area contributed by atoms with Crippen LogP contribution in [0.2, 0.25) is 17.9 Å². The van der Waals surface area contributed by atoms with Gasteiger partial charge in [0.15, 0.2) is 8.32 Å². The van der Waals surface area contributed by atoms with Crippen molar-refractivity contribution in [2.45, 2.75) is 38.7 Å². The average Bonchev–Trinajstić information content (AvgIpc) is 2.02. The number of hydrogen-bond acceptors (Lipinski definition) is 3. The molecule has 0 spiro atoms. The van der Waals surface area contributed by atoms with Crippen LogP contribution >= 0.6 is 0 Å². The summed E-state index contributed by atoms with van der Waals surface area (Å²) < 4.78 is 17.5. The molecule has 0 saturated carbocycles. The monoisotopic (exact) mass is 234 g/mol. The van der Waals surface area contributed by atoms with Crippen molar-refractivity contribution in [3.63, 3.8) is 0 Å². The van der Waals surface area contributed by atoms with Gasteiger partial charge >= 0.3 is 8.56 Å². The van der Waals surface area contributed by atoms with Crippen LogP contribution in [0, 0.1) is 0 Å². The van der Waals surface area contributed by atoms with Crippen LogP contribution in [0.1, 0.15) is 20.8 Å². The molecule has 1 heterocycles. The molecule has 5 heteroatoms. The standard InChI is InChI=1S/C9H22O3Si2/c1-5-10-13(4)8-14(9-13,11-6-2)12-7-3/h5-9H2,1-4H3. The molecule has 0 radical (unpaired) electrons. The van der Waals surface area contributed by atoms with Crippen LogP contribution in [-0.4, -0.2) is 36.7 Å². The van der Waals surface area contributed by atoms with E-state index in [1.165, 1.54) is 0 Å². The van der Waals surface area contributed by atoms with Crippen LogP contribution in [0.15, 0.2) is 0 Å². The van der Waals surface area contributed by atoms with Crippen LogP contribution in [0.25, 0.3) is 0 Å². The molecule has 0 aliphatic carbocycles. The maximum absolute atomic E-state index is 5.83. The number of rotatable bonds is 6. The van der Waals surface area contributed by atoms with Gasteiger partial charge in [-0.1, -0.05) is 0 Å². The second-order valence-corrected chi connectivity index (χ2v) is 12.4. The molecule has 0 N–H and O–H groups in total. The summed E-state index contributed by atoms with van der Waals surface area (Å²) in [5, 5.41) is 0. The molecule has 1 fully saturated rings. The minimum atomic E-state index is -1.78. The Morgan fingerprint density at radius 2 is 1.29 bits per heavy atom. The Kier molecular flexibility index (Phi) is 4.33. The average molecular weight is 234 g/mol. The SMILES string of the molecule is CCO[Si]1(C)C[Si](OCC)(OCC)C1. The van der Waals surface area contributed by atoms with Crippen molar-refractivity contribution >= 4 is 16.9 Å². The van der Waals surface area contributed by atoms with E-state index >= 15 is 0 Å². The summed E-state index contributed by atoms with van der Waals surface area (Å²) in [5.74, 6) is 0. The second-order valence-electron chi connectivity index (χ2n) is 4.01. The Morgan fingerprint density at radius 3 is 1.64 bits per heavy atom. The van der Waals surface area contributed by atoms with Gasteiger partial charge in [0.2, 0.25) is 0 Å². The molecule has 0 aromatic carbocycles. The van der Waals surface area contributed by atoms with E-state index in [1.54, 1.807) is 0 Å². The van der Waals surface area contributed by atoms with Crippen molar-refractivity contribution < 1.29 is 13.3 Å². The fourth-order valence-corrected chi connectivity index (χ4v) is 15.3. The Bertz CT molecular complexity index is 173. The Hall–Kier alpha value is 0.314. The zero-order valence-electron chi connectivity index (χ0n) is 9.76. The van der Waals surface area contributed by atoms with Gasteiger partial charge in [-0.15, -0.1) is 0 Å². The highest BCUT2D eigenvalue weighted by Crippen LogP contribution is 2.42. The molecule has 0 amide bonds. The molecule has 1 rings (SSSR count). The first-order valence-electron chi connectivity index (χ1n) is 5.51. The molecule has 3 nitrogen and oxygen atoms in total. The van der Waals surface area contributed by atoms with E-state index in [1.807, 2.05) is 13.8 Å². The third-order valence-electron chi connectivity index (χ3n) is 2.59. The molecule has 0 aromatic rings. The Morgan fingerprint density at radius 1 is 0.857 bits per heavy atom. The molecule has 14 heavy (non-hydrogen) atoms. The van der Waals surface area contributed by atoms with E-state index in [0.29, 0.717) is 0 Å². The van der Waals surface area contributed by atoms with Crippen molar-refractivity contribution in [1.82, 2.24) is 0 Å². The lowest BCUT2D eigenvalue weighted by Crippen LogP contribution is -2.66. The highest BCUT2D eigenvalue weighted by atomic mass is 28.5. The summed E-state index contributed by atoms with van der Waals surface area (Å²) in [6.07, 6.45) is 0. The van der Waals surface area contributed by atoms with Crippen molar-refractivity contribution in [2.24, 2.45) is 0 Å². The van der Waals surface area contributed by atoms with Crippen LogP contribution in [0.5, 0.6) is 0 Å². The van der Waals surface area contributed by atoms with Gasteiger partial charge in [0.25, 0.3) is 0 Å².